The van der Waals surface area contributed by atoms with Crippen LogP contribution in [0.5, 0.6) is 0 Å². The summed E-state index contributed by atoms with van der Waals surface area (Å²) >= 11 is 0. The van der Waals surface area contributed by atoms with Gasteiger partial charge >= 0.3 is 5.97 Å². The summed E-state index contributed by atoms with van der Waals surface area (Å²) < 4.78 is 13.0. The van der Waals surface area contributed by atoms with Gasteiger partial charge in [0.15, 0.2) is 0 Å². The van der Waals surface area contributed by atoms with Gasteiger partial charge < -0.3 is 5.11 Å². The normalized spacial score (nSPS) is 12.4. The van der Waals surface area contributed by atoms with E-state index in [2.05, 4.69) is 6.92 Å². The van der Waals surface area contributed by atoms with Gasteiger partial charge in [0.1, 0.15) is 5.82 Å². The number of hydrogen-bond acceptors (Lipinski definition) is 1. The quantitative estimate of drug-likeness (QED) is 0.750. The van der Waals surface area contributed by atoms with E-state index in [4.69, 9.17) is 5.11 Å². The maximum absolute atomic E-state index is 13.0. The fourth-order valence-electron chi connectivity index (χ4n) is 1.75. The minimum absolute atomic E-state index is 0.376. The predicted octanol–water partition coefficient (Wildman–Crippen LogP) is 3.57. The molecule has 88 valence electrons. The summed E-state index contributed by atoms with van der Waals surface area (Å²) in [4.78, 5) is 11.1. The van der Waals surface area contributed by atoms with Crippen molar-refractivity contribution in [2.45, 2.75) is 38.5 Å². The van der Waals surface area contributed by atoms with Crippen LogP contribution in [0.2, 0.25) is 0 Å². The number of aliphatic carboxylic acids is 1. The van der Waals surface area contributed by atoms with Gasteiger partial charge in [-0.25, -0.2) is 4.39 Å². The minimum Gasteiger partial charge on any atom is -0.481 e. The molecular formula is C13H17FO2. The molecule has 1 N–H and O–H groups in total. The van der Waals surface area contributed by atoms with Crippen molar-refractivity contribution in [1.82, 2.24) is 0 Å². The van der Waals surface area contributed by atoms with Crippen molar-refractivity contribution in [3.8, 4) is 0 Å². The smallest absolute Gasteiger partial charge is 0.310 e. The Kier molecular flexibility index (Phi) is 4.96. The Bertz CT molecular complexity index is 350. The molecule has 0 saturated heterocycles. The highest BCUT2D eigenvalue weighted by Gasteiger charge is 2.19. The van der Waals surface area contributed by atoms with Crippen molar-refractivity contribution < 1.29 is 14.3 Å². The van der Waals surface area contributed by atoms with Crippen LogP contribution in [0.1, 0.15) is 44.1 Å². The number of rotatable bonds is 6. The average Bonchev–Trinajstić information content (AvgIpc) is 2.24. The lowest BCUT2D eigenvalue weighted by Gasteiger charge is -2.12. The Morgan fingerprint density at radius 2 is 2.19 bits per heavy atom. The van der Waals surface area contributed by atoms with Crippen molar-refractivity contribution in [2.75, 3.05) is 0 Å². The molecule has 0 amide bonds. The van der Waals surface area contributed by atoms with Crippen molar-refractivity contribution in [1.29, 1.82) is 0 Å². The summed E-state index contributed by atoms with van der Waals surface area (Å²) in [6.45, 7) is 2.07. The second kappa shape index (κ2) is 6.26. The monoisotopic (exact) mass is 224 g/mol. The molecule has 0 aliphatic rings. The summed E-state index contributed by atoms with van der Waals surface area (Å²) in [6, 6.07) is 5.87. The zero-order valence-electron chi connectivity index (χ0n) is 9.45. The van der Waals surface area contributed by atoms with E-state index in [-0.39, 0.29) is 5.82 Å². The summed E-state index contributed by atoms with van der Waals surface area (Å²) in [5.41, 5.74) is 0.559. The number of hydrogen-bond donors (Lipinski definition) is 1. The van der Waals surface area contributed by atoms with Gasteiger partial charge in [-0.1, -0.05) is 38.3 Å². The van der Waals surface area contributed by atoms with E-state index in [1.807, 2.05) is 0 Å². The van der Waals surface area contributed by atoms with E-state index in [1.165, 1.54) is 12.1 Å². The van der Waals surface area contributed by atoms with Gasteiger partial charge in [-0.05, 0) is 24.1 Å². The van der Waals surface area contributed by atoms with Crippen LogP contribution in [0.3, 0.4) is 0 Å². The number of carboxylic acid groups (broad SMARTS) is 1. The molecular weight excluding hydrogens is 207 g/mol. The SMILES string of the molecule is CCCCCC(C(=O)O)c1cccc(F)c1. The highest BCUT2D eigenvalue weighted by Crippen LogP contribution is 2.23. The zero-order valence-corrected chi connectivity index (χ0v) is 9.45. The molecule has 0 saturated carbocycles. The van der Waals surface area contributed by atoms with Gasteiger partial charge in [-0.3, -0.25) is 4.79 Å². The van der Waals surface area contributed by atoms with Gasteiger partial charge in [0.25, 0.3) is 0 Å². The van der Waals surface area contributed by atoms with Crippen molar-refractivity contribution in [2.24, 2.45) is 0 Å². The Balaban J connectivity index is 2.73. The molecule has 16 heavy (non-hydrogen) atoms. The third-order valence-electron chi connectivity index (χ3n) is 2.65. The van der Waals surface area contributed by atoms with Crippen LogP contribution in [0, 0.1) is 5.82 Å². The van der Waals surface area contributed by atoms with Crippen molar-refractivity contribution in [3.63, 3.8) is 0 Å². The maximum atomic E-state index is 13.0. The molecule has 1 atom stereocenters. The zero-order chi connectivity index (χ0) is 12.0. The molecule has 1 aromatic rings. The van der Waals surface area contributed by atoms with Crippen LogP contribution in [0.25, 0.3) is 0 Å². The van der Waals surface area contributed by atoms with Gasteiger partial charge in [0.05, 0.1) is 5.92 Å². The lowest BCUT2D eigenvalue weighted by Crippen LogP contribution is -2.11. The van der Waals surface area contributed by atoms with Gasteiger partial charge in [0, 0.05) is 0 Å². The average molecular weight is 224 g/mol. The van der Waals surface area contributed by atoms with Crippen LogP contribution >= 0.6 is 0 Å². The molecule has 0 aliphatic carbocycles. The Labute approximate surface area is 95.1 Å². The summed E-state index contributed by atoms with van der Waals surface area (Å²) in [6.07, 6.45) is 3.51. The highest BCUT2D eigenvalue weighted by atomic mass is 19.1. The minimum atomic E-state index is -0.873. The van der Waals surface area contributed by atoms with E-state index in [9.17, 15) is 9.18 Å². The number of carbonyl (C=O) groups is 1. The molecule has 0 heterocycles. The third kappa shape index (κ3) is 3.65. The van der Waals surface area contributed by atoms with Gasteiger partial charge in [-0.15, -0.1) is 0 Å². The first-order chi connectivity index (χ1) is 7.65. The second-order valence-corrected chi connectivity index (χ2v) is 3.94. The summed E-state index contributed by atoms with van der Waals surface area (Å²) in [5.74, 6) is -1.83. The van der Waals surface area contributed by atoms with Crippen LogP contribution in [-0.4, -0.2) is 11.1 Å². The van der Waals surface area contributed by atoms with E-state index < -0.39 is 11.9 Å². The van der Waals surface area contributed by atoms with E-state index in [1.54, 1.807) is 12.1 Å². The molecule has 3 heteroatoms. The fraction of sp³-hybridized carbons (Fsp3) is 0.462. The Hall–Kier alpha value is -1.38. The Morgan fingerprint density at radius 1 is 1.44 bits per heavy atom. The highest BCUT2D eigenvalue weighted by molar-refractivity contribution is 5.75. The molecule has 0 spiro atoms. The van der Waals surface area contributed by atoms with Crippen molar-refractivity contribution in [3.05, 3.63) is 35.6 Å². The van der Waals surface area contributed by atoms with E-state index >= 15 is 0 Å². The van der Waals surface area contributed by atoms with Crippen LogP contribution in [0.4, 0.5) is 4.39 Å². The molecule has 0 aromatic heterocycles. The van der Waals surface area contributed by atoms with E-state index in [0.29, 0.717) is 12.0 Å². The number of benzene rings is 1. The molecule has 1 aromatic carbocycles. The molecule has 1 unspecified atom stereocenters. The Morgan fingerprint density at radius 3 is 2.75 bits per heavy atom. The molecule has 0 radical (unpaired) electrons. The number of unbranched alkanes of at least 4 members (excludes halogenated alkanes) is 2. The fourth-order valence-corrected chi connectivity index (χ4v) is 1.75. The lowest BCUT2D eigenvalue weighted by molar-refractivity contribution is -0.139. The largest absolute Gasteiger partial charge is 0.481 e. The third-order valence-corrected chi connectivity index (χ3v) is 2.65. The summed E-state index contributed by atoms with van der Waals surface area (Å²) in [5, 5.41) is 9.09. The van der Waals surface area contributed by atoms with E-state index in [0.717, 1.165) is 19.3 Å². The van der Waals surface area contributed by atoms with Crippen LogP contribution < -0.4 is 0 Å². The van der Waals surface area contributed by atoms with Crippen LogP contribution in [-0.2, 0) is 4.79 Å². The standard InChI is InChI=1S/C13H17FO2/c1-2-3-4-8-12(13(15)16)10-6-5-7-11(14)9-10/h5-7,9,12H,2-4,8H2,1H3,(H,15,16). The molecule has 2 nitrogen and oxygen atoms in total. The molecule has 0 bridgehead atoms. The topological polar surface area (TPSA) is 37.3 Å². The first-order valence-corrected chi connectivity index (χ1v) is 5.63. The second-order valence-electron chi connectivity index (χ2n) is 3.94. The van der Waals surface area contributed by atoms with Crippen LogP contribution in [0.15, 0.2) is 24.3 Å². The van der Waals surface area contributed by atoms with Crippen molar-refractivity contribution >= 4 is 5.97 Å². The first-order valence-electron chi connectivity index (χ1n) is 5.63. The van der Waals surface area contributed by atoms with Gasteiger partial charge in [0.2, 0.25) is 0 Å². The molecule has 0 fully saturated rings. The maximum Gasteiger partial charge on any atom is 0.310 e. The first kappa shape index (κ1) is 12.7. The number of carboxylic acids is 1. The lowest BCUT2D eigenvalue weighted by atomic mass is 9.93. The molecule has 0 aliphatic heterocycles. The van der Waals surface area contributed by atoms with Gasteiger partial charge in [-0.2, -0.15) is 0 Å². The summed E-state index contributed by atoms with van der Waals surface area (Å²) in [7, 11) is 0. The predicted molar refractivity (Wildman–Crippen MR) is 60.9 cm³/mol. The number of halogens is 1. The molecule has 1 rings (SSSR count).